The lowest BCUT2D eigenvalue weighted by Crippen LogP contribution is -2.15. The fraction of sp³-hybridized carbons (Fsp3) is 0.286. The number of carbonyl (C=O) groups excluding carboxylic acids is 1. The van der Waals surface area contributed by atoms with Gasteiger partial charge in [0.1, 0.15) is 0 Å². The Morgan fingerprint density at radius 2 is 2.09 bits per heavy atom. The second-order valence-electron chi connectivity index (χ2n) is 4.71. The Morgan fingerprint density at radius 1 is 1.36 bits per heavy atom. The number of halogens is 4. The average molecular weight is 332 g/mol. The largest absolute Gasteiger partial charge is 0.417 e. The van der Waals surface area contributed by atoms with E-state index in [2.05, 4.69) is 10.4 Å². The van der Waals surface area contributed by atoms with Gasteiger partial charge in [-0.25, -0.2) is 0 Å². The molecule has 0 radical (unpaired) electrons. The highest BCUT2D eigenvalue weighted by Crippen LogP contribution is 2.36. The van der Waals surface area contributed by atoms with Crippen LogP contribution < -0.4 is 5.32 Å². The first kappa shape index (κ1) is 16.4. The molecule has 1 aromatic carbocycles. The van der Waals surface area contributed by atoms with E-state index in [0.717, 1.165) is 17.8 Å². The normalized spacial score (nSPS) is 11.5. The van der Waals surface area contributed by atoms with Crippen molar-refractivity contribution in [2.75, 3.05) is 5.32 Å². The third kappa shape index (κ3) is 4.24. The molecule has 0 unspecified atom stereocenters. The monoisotopic (exact) mass is 331 g/mol. The van der Waals surface area contributed by atoms with Crippen molar-refractivity contribution in [1.82, 2.24) is 9.78 Å². The number of alkyl halides is 3. The van der Waals surface area contributed by atoms with E-state index in [-0.39, 0.29) is 12.1 Å². The highest BCUT2D eigenvalue weighted by molar-refractivity contribution is 6.31. The molecule has 0 saturated carbocycles. The third-order valence-corrected chi connectivity index (χ3v) is 3.23. The first-order chi connectivity index (χ1) is 10.3. The van der Waals surface area contributed by atoms with Crippen LogP contribution in [0.4, 0.5) is 18.9 Å². The summed E-state index contributed by atoms with van der Waals surface area (Å²) in [4.78, 5) is 11.8. The van der Waals surface area contributed by atoms with Gasteiger partial charge in [-0.1, -0.05) is 11.6 Å². The van der Waals surface area contributed by atoms with Crippen LogP contribution >= 0.6 is 11.6 Å². The van der Waals surface area contributed by atoms with Crippen LogP contribution in [0.5, 0.6) is 0 Å². The van der Waals surface area contributed by atoms with Gasteiger partial charge in [0.05, 0.1) is 16.3 Å². The molecule has 1 heterocycles. The van der Waals surface area contributed by atoms with Crippen molar-refractivity contribution in [3.8, 4) is 0 Å². The number of anilines is 1. The summed E-state index contributed by atoms with van der Waals surface area (Å²) < 4.78 is 39.8. The Kier molecular flexibility index (Phi) is 4.75. The number of carbonyl (C=O) groups is 1. The molecule has 0 spiro atoms. The number of aromatic nitrogens is 2. The minimum Gasteiger partial charge on any atom is -0.326 e. The Hall–Kier alpha value is -2.02. The Balaban J connectivity index is 1.99. The summed E-state index contributed by atoms with van der Waals surface area (Å²) in [5, 5.41) is 6.13. The predicted octanol–water partition coefficient (Wildman–Crippen LogP) is 3.89. The molecular formula is C14H13ClF3N3O. The molecule has 0 aliphatic heterocycles. The summed E-state index contributed by atoms with van der Waals surface area (Å²) in [5.41, 5.74) is -0.0963. The first-order valence-electron chi connectivity index (χ1n) is 6.42. The van der Waals surface area contributed by atoms with Crippen LogP contribution in [0.25, 0.3) is 0 Å². The summed E-state index contributed by atoms with van der Waals surface area (Å²) in [6.45, 7) is 2.17. The van der Waals surface area contributed by atoms with E-state index in [1.165, 1.54) is 6.07 Å². The lowest BCUT2D eigenvalue weighted by atomic mass is 10.2. The number of hydrogen-bond donors (Lipinski definition) is 1. The van der Waals surface area contributed by atoms with Gasteiger partial charge in [-0.2, -0.15) is 18.3 Å². The number of hydrogen-bond acceptors (Lipinski definition) is 2. The molecule has 0 bridgehead atoms. The second-order valence-corrected chi connectivity index (χ2v) is 5.12. The van der Waals surface area contributed by atoms with Crippen LogP contribution in [-0.2, 0) is 17.5 Å². The summed E-state index contributed by atoms with van der Waals surface area (Å²) in [7, 11) is 0. The van der Waals surface area contributed by atoms with Gasteiger partial charge in [-0.05, 0) is 31.2 Å². The number of nitrogens with one attached hydrogen (secondary N) is 1. The van der Waals surface area contributed by atoms with Crippen molar-refractivity contribution in [3.63, 3.8) is 0 Å². The molecule has 1 aromatic heterocycles. The summed E-state index contributed by atoms with van der Waals surface area (Å²) in [5.74, 6) is -0.399. The number of rotatable bonds is 4. The van der Waals surface area contributed by atoms with E-state index in [1.54, 1.807) is 16.9 Å². The van der Waals surface area contributed by atoms with Crippen molar-refractivity contribution in [2.24, 2.45) is 0 Å². The van der Waals surface area contributed by atoms with E-state index >= 15 is 0 Å². The topological polar surface area (TPSA) is 46.9 Å². The molecular weight excluding hydrogens is 319 g/mol. The van der Waals surface area contributed by atoms with Crippen molar-refractivity contribution in [2.45, 2.75) is 26.1 Å². The van der Waals surface area contributed by atoms with Crippen molar-refractivity contribution in [3.05, 3.63) is 46.7 Å². The highest BCUT2D eigenvalue weighted by Gasteiger charge is 2.33. The number of benzene rings is 1. The van der Waals surface area contributed by atoms with Crippen LogP contribution in [0.15, 0.2) is 30.5 Å². The molecule has 0 fully saturated rings. The standard InChI is InChI=1S/C14H13ClF3N3O/c1-9-4-6-21(20-9)7-5-13(22)19-10-2-3-12(15)11(8-10)14(16,17)18/h2-4,6,8H,5,7H2,1H3,(H,19,22). The summed E-state index contributed by atoms with van der Waals surface area (Å²) in [6.07, 6.45) is -2.73. The lowest BCUT2D eigenvalue weighted by molar-refractivity contribution is -0.137. The molecule has 1 N–H and O–H groups in total. The van der Waals surface area contributed by atoms with E-state index in [4.69, 9.17) is 11.6 Å². The minimum absolute atomic E-state index is 0.0540. The molecule has 0 saturated heterocycles. The maximum Gasteiger partial charge on any atom is 0.417 e. The fourth-order valence-corrected chi connectivity index (χ4v) is 2.07. The lowest BCUT2D eigenvalue weighted by Gasteiger charge is -2.11. The van der Waals surface area contributed by atoms with Crippen molar-refractivity contribution >= 4 is 23.2 Å². The molecule has 0 atom stereocenters. The van der Waals surface area contributed by atoms with Gasteiger partial charge in [0.2, 0.25) is 5.91 Å². The molecule has 2 rings (SSSR count). The van der Waals surface area contributed by atoms with Gasteiger partial charge in [-0.15, -0.1) is 0 Å². The summed E-state index contributed by atoms with van der Waals surface area (Å²) in [6, 6.07) is 5.05. The van der Waals surface area contributed by atoms with Crippen LogP contribution in [-0.4, -0.2) is 15.7 Å². The minimum atomic E-state index is -4.57. The molecule has 0 aliphatic rings. The Morgan fingerprint density at radius 3 is 2.68 bits per heavy atom. The molecule has 1 amide bonds. The number of aryl methyl sites for hydroxylation is 2. The Labute approximate surface area is 129 Å². The zero-order valence-corrected chi connectivity index (χ0v) is 12.4. The molecule has 118 valence electrons. The van der Waals surface area contributed by atoms with Gasteiger partial charge in [0.15, 0.2) is 0 Å². The van der Waals surface area contributed by atoms with Crippen LogP contribution in [0.1, 0.15) is 17.7 Å². The van der Waals surface area contributed by atoms with Gasteiger partial charge in [-0.3, -0.25) is 9.48 Å². The van der Waals surface area contributed by atoms with E-state index < -0.39 is 22.7 Å². The van der Waals surface area contributed by atoms with E-state index in [1.807, 2.05) is 6.92 Å². The van der Waals surface area contributed by atoms with E-state index in [0.29, 0.717) is 6.54 Å². The molecule has 22 heavy (non-hydrogen) atoms. The number of amides is 1. The van der Waals surface area contributed by atoms with Gasteiger partial charge >= 0.3 is 6.18 Å². The fourth-order valence-electron chi connectivity index (χ4n) is 1.85. The summed E-state index contributed by atoms with van der Waals surface area (Å²) >= 11 is 5.52. The smallest absolute Gasteiger partial charge is 0.326 e. The SMILES string of the molecule is Cc1ccn(CCC(=O)Nc2ccc(Cl)c(C(F)(F)F)c2)n1. The Bertz CT molecular complexity index is 682. The second kappa shape index (κ2) is 6.39. The average Bonchev–Trinajstić information content (AvgIpc) is 2.83. The molecule has 4 nitrogen and oxygen atoms in total. The first-order valence-corrected chi connectivity index (χ1v) is 6.80. The number of nitrogens with zero attached hydrogens (tertiary/aromatic N) is 2. The maximum atomic E-state index is 12.7. The van der Waals surface area contributed by atoms with Crippen molar-refractivity contribution in [1.29, 1.82) is 0 Å². The predicted molar refractivity (Wildman–Crippen MR) is 76.7 cm³/mol. The molecule has 0 aliphatic carbocycles. The molecule has 2 aromatic rings. The van der Waals surface area contributed by atoms with Gasteiger partial charge < -0.3 is 5.32 Å². The van der Waals surface area contributed by atoms with Crippen molar-refractivity contribution < 1.29 is 18.0 Å². The third-order valence-electron chi connectivity index (χ3n) is 2.90. The quantitative estimate of drug-likeness (QED) is 0.923. The van der Waals surface area contributed by atoms with Gasteiger partial charge in [0.25, 0.3) is 0 Å². The maximum absolute atomic E-state index is 12.7. The molecule has 8 heteroatoms. The zero-order chi connectivity index (χ0) is 16.3. The van der Waals surface area contributed by atoms with Crippen LogP contribution in [0, 0.1) is 6.92 Å². The van der Waals surface area contributed by atoms with Gasteiger partial charge in [0, 0.05) is 24.8 Å². The zero-order valence-electron chi connectivity index (χ0n) is 11.6. The van der Waals surface area contributed by atoms with E-state index in [9.17, 15) is 18.0 Å². The van der Waals surface area contributed by atoms with Crippen LogP contribution in [0.2, 0.25) is 5.02 Å². The highest BCUT2D eigenvalue weighted by atomic mass is 35.5. The van der Waals surface area contributed by atoms with Crippen LogP contribution in [0.3, 0.4) is 0 Å².